The molecule has 0 unspecified atom stereocenters. The molecule has 0 aliphatic heterocycles. The Hall–Kier alpha value is -1.95. The van der Waals surface area contributed by atoms with Crippen molar-refractivity contribution in [2.24, 2.45) is 0 Å². The van der Waals surface area contributed by atoms with Gasteiger partial charge in [0, 0.05) is 22.8 Å². The molecule has 2 rings (SSSR count). The minimum atomic E-state index is -0.812. The SMILES string of the molecule is CNc1c(F)cc(C(=O)Nc2ccc(Br)cc2)cc1F. The molecule has 2 aromatic rings. The van der Waals surface area contributed by atoms with Crippen molar-refractivity contribution in [3.63, 3.8) is 0 Å². The first-order chi connectivity index (χ1) is 9.51. The van der Waals surface area contributed by atoms with Crippen LogP contribution < -0.4 is 10.6 Å². The molecule has 0 saturated carbocycles. The first-order valence-electron chi connectivity index (χ1n) is 5.75. The van der Waals surface area contributed by atoms with Gasteiger partial charge in [0.05, 0.1) is 0 Å². The van der Waals surface area contributed by atoms with E-state index in [0.717, 1.165) is 16.6 Å². The largest absolute Gasteiger partial charge is 0.383 e. The van der Waals surface area contributed by atoms with Gasteiger partial charge in [0.2, 0.25) is 0 Å². The van der Waals surface area contributed by atoms with E-state index in [1.807, 2.05) is 0 Å². The summed E-state index contributed by atoms with van der Waals surface area (Å²) in [5.74, 6) is -2.20. The number of rotatable bonds is 3. The van der Waals surface area contributed by atoms with E-state index in [9.17, 15) is 13.6 Å². The molecule has 0 fully saturated rings. The Labute approximate surface area is 123 Å². The maximum Gasteiger partial charge on any atom is 0.255 e. The molecule has 3 nitrogen and oxygen atoms in total. The van der Waals surface area contributed by atoms with Crippen LogP contribution in [0, 0.1) is 11.6 Å². The molecule has 0 bridgehead atoms. The highest BCUT2D eigenvalue weighted by Gasteiger charge is 2.14. The van der Waals surface area contributed by atoms with Gasteiger partial charge >= 0.3 is 0 Å². The van der Waals surface area contributed by atoms with Gasteiger partial charge in [-0.25, -0.2) is 8.78 Å². The molecule has 0 saturated heterocycles. The number of amides is 1. The maximum absolute atomic E-state index is 13.6. The van der Waals surface area contributed by atoms with Crippen LogP contribution in [0.5, 0.6) is 0 Å². The number of hydrogen-bond acceptors (Lipinski definition) is 2. The van der Waals surface area contributed by atoms with Crippen molar-refractivity contribution in [1.82, 2.24) is 0 Å². The van der Waals surface area contributed by atoms with Gasteiger partial charge < -0.3 is 10.6 Å². The third-order valence-corrected chi connectivity index (χ3v) is 3.19. The number of hydrogen-bond donors (Lipinski definition) is 2. The zero-order valence-electron chi connectivity index (χ0n) is 10.5. The quantitative estimate of drug-likeness (QED) is 0.885. The van der Waals surface area contributed by atoms with Crippen LogP contribution in [0.15, 0.2) is 40.9 Å². The molecule has 2 aromatic carbocycles. The average molecular weight is 341 g/mol. The Morgan fingerprint density at radius 3 is 2.15 bits per heavy atom. The summed E-state index contributed by atoms with van der Waals surface area (Å²) in [6.45, 7) is 0. The topological polar surface area (TPSA) is 41.1 Å². The normalized spacial score (nSPS) is 10.2. The molecular formula is C14H11BrF2N2O. The van der Waals surface area contributed by atoms with Crippen LogP contribution in [0.3, 0.4) is 0 Å². The molecular weight excluding hydrogens is 330 g/mol. The van der Waals surface area contributed by atoms with Crippen LogP contribution in [-0.4, -0.2) is 13.0 Å². The van der Waals surface area contributed by atoms with Gasteiger partial charge in [0.15, 0.2) is 0 Å². The van der Waals surface area contributed by atoms with Crippen molar-refractivity contribution < 1.29 is 13.6 Å². The Kier molecular flexibility index (Phi) is 4.34. The van der Waals surface area contributed by atoms with E-state index in [-0.39, 0.29) is 11.3 Å². The van der Waals surface area contributed by atoms with E-state index < -0.39 is 17.5 Å². The monoisotopic (exact) mass is 340 g/mol. The Balaban J connectivity index is 2.23. The lowest BCUT2D eigenvalue weighted by atomic mass is 10.1. The van der Waals surface area contributed by atoms with Gasteiger partial charge in [-0.1, -0.05) is 15.9 Å². The number of carbonyl (C=O) groups is 1. The van der Waals surface area contributed by atoms with E-state index in [1.54, 1.807) is 24.3 Å². The van der Waals surface area contributed by atoms with Gasteiger partial charge in [0.1, 0.15) is 17.3 Å². The molecule has 20 heavy (non-hydrogen) atoms. The van der Waals surface area contributed by atoms with Crippen LogP contribution in [0.25, 0.3) is 0 Å². The summed E-state index contributed by atoms with van der Waals surface area (Å²) in [5, 5.41) is 4.96. The number of halogens is 3. The smallest absolute Gasteiger partial charge is 0.255 e. The molecule has 1 amide bonds. The van der Waals surface area contributed by atoms with E-state index >= 15 is 0 Å². The first kappa shape index (κ1) is 14.5. The molecule has 0 radical (unpaired) electrons. The summed E-state index contributed by atoms with van der Waals surface area (Å²) in [6.07, 6.45) is 0. The zero-order valence-corrected chi connectivity index (χ0v) is 12.1. The minimum Gasteiger partial charge on any atom is -0.383 e. The first-order valence-corrected chi connectivity index (χ1v) is 6.54. The number of benzene rings is 2. The van der Waals surface area contributed by atoms with Crippen LogP contribution in [-0.2, 0) is 0 Å². The second-order valence-electron chi connectivity index (χ2n) is 4.03. The predicted octanol–water partition coefficient (Wildman–Crippen LogP) is 4.02. The predicted molar refractivity (Wildman–Crippen MR) is 78.0 cm³/mol. The summed E-state index contributed by atoms with van der Waals surface area (Å²) in [4.78, 5) is 11.9. The number of anilines is 2. The number of nitrogens with one attached hydrogen (secondary N) is 2. The number of carbonyl (C=O) groups excluding carboxylic acids is 1. The van der Waals surface area contributed by atoms with Crippen molar-refractivity contribution >= 4 is 33.2 Å². The van der Waals surface area contributed by atoms with Gasteiger partial charge in [-0.05, 0) is 36.4 Å². The van der Waals surface area contributed by atoms with Crippen molar-refractivity contribution in [3.05, 3.63) is 58.1 Å². The molecule has 0 aliphatic carbocycles. The molecule has 0 atom stereocenters. The molecule has 0 heterocycles. The van der Waals surface area contributed by atoms with Crippen molar-refractivity contribution in [2.45, 2.75) is 0 Å². The second kappa shape index (κ2) is 6.00. The lowest BCUT2D eigenvalue weighted by Gasteiger charge is -2.08. The van der Waals surface area contributed by atoms with Crippen LogP contribution in [0.1, 0.15) is 10.4 Å². The van der Waals surface area contributed by atoms with Gasteiger partial charge in [0.25, 0.3) is 5.91 Å². The molecule has 2 N–H and O–H groups in total. The van der Waals surface area contributed by atoms with E-state index in [1.165, 1.54) is 7.05 Å². The Morgan fingerprint density at radius 2 is 1.65 bits per heavy atom. The summed E-state index contributed by atoms with van der Waals surface area (Å²) < 4.78 is 28.0. The highest BCUT2D eigenvalue weighted by atomic mass is 79.9. The van der Waals surface area contributed by atoms with Gasteiger partial charge in [-0.15, -0.1) is 0 Å². The average Bonchev–Trinajstić information content (AvgIpc) is 2.41. The van der Waals surface area contributed by atoms with E-state index in [2.05, 4.69) is 26.6 Å². The standard InChI is InChI=1S/C14H11BrF2N2O/c1-18-13-11(16)6-8(7-12(13)17)14(20)19-10-4-2-9(15)3-5-10/h2-7,18H,1H3,(H,19,20). The Morgan fingerprint density at radius 1 is 1.10 bits per heavy atom. The summed E-state index contributed by atoms with van der Waals surface area (Å²) in [7, 11) is 1.41. The van der Waals surface area contributed by atoms with Crippen molar-refractivity contribution in [3.8, 4) is 0 Å². The molecule has 0 aromatic heterocycles. The fourth-order valence-corrected chi connectivity index (χ4v) is 1.94. The van der Waals surface area contributed by atoms with Crippen molar-refractivity contribution in [2.75, 3.05) is 17.7 Å². The van der Waals surface area contributed by atoms with Gasteiger partial charge in [-0.3, -0.25) is 4.79 Å². The molecule has 6 heteroatoms. The molecule has 104 valence electrons. The minimum absolute atomic E-state index is 0.0816. The zero-order chi connectivity index (χ0) is 14.7. The van der Waals surface area contributed by atoms with E-state index in [0.29, 0.717) is 5.69 Å². The second-order valence-corrected chi connectivity index (χ2v) is 4.94. The van der Waals surface area contributed by atoms with E-state index in [4.69, 9.17) is 0 Å². The third-order valence-electron chi connectivity index (χ3n) is 2.66. The molecule has 0 aliphatic rings. The fourth-order valence-electron chi connectivity index (χ4n) is 1.68. The summed E-state index contributed by atoms with van der Waals surface area (Å²) in [6, 6.07) is 8.83. The maximum atomic E-state index is 13.6. The van der Waals surface area contributed by atoms with Crippen molar-refractivity contribution in [1.29, 1.82) is 0 Å². The van der Waals surface area contributed by atoms with Gasteiger partial charge in [-0.2, -0.15) is 0 Å². The van der Waals surface area contributed by atoms with Crippen LogP contribution >= 0.6 is 15.9 Å². The van der Waals surface area contributed by atoms with Crippen LogP contribution in [0.2, 0.25) is 0 Å². The summed E-state index contributed by atoms with van der Waals surface area (Å²) >= 11 is 3.27. The fraction of sp³-hybridized carbons (Fsp3) is 0.0714. The van der Waals surface area contributed by atoms with Crippen LogP contribution in [0.4, 0.5) is 20.2 Å². The Bertz CT molecular complexity index is 621. The lowest BCUT2D eigenvalue weighted by Crippen LogP contribution is -2.13. The highest BCUT2D eigenvalue weighted by Crippen LogP contribution is 2.21. The highest BCUT2D eigenvalue weighted by molar-refractivity contribution is 9.10. The third kappa shape index (κ3) is 3.14. The lowest BCUT2D eigenvalue weighted by molar-refractivity contribution is 0.102. The molecule has 0 spiro atoms. The summed E-state index contributed by atoms with van der Waals surface area (Å²) in [5.41, 5.74) is 0.198.